The summed E-state index contributed by atoms with van der Waals surface area (Å²) in [6.45, 7) is 2.00. The van der Waals surface area contributed by atoms with E-state index in [1.54, 1.807) is 12.3 Å². The molecule has 2 rings (SSSR count). The molecule has 0 bridgehead atoms. The summed E-state index contributed by atoms with van der Waals surface area (Å²) < 4.78 is 0. The molecule has 0 aliphatic carbocycles. The van der Waals surface area contributed by atoms with E-state index in [1.807, 2.05) is 11.9 Å². The van der Waals surface area contributed by atoms with Gasteiger partial charge in [0.25, 0.3) is 5.91 Å². The minimum Gasteiger partial charge on any atom is -0.339 e. The second-order valence-electron chi connectivity index (χ2n) is 4.61. The standard InChI is InChI=1S/C13H18ClN3O/c1-17(10-3-2-6-15-7-4-10)13(18)11-5-8-16-9-12(11)14/h5,8-10,15H,2-4,6-7H2,1H3. The Labute approximate surface area is 112 Å². The number of hydrogen-bond acceptors (Lipinski definition) is 3. The molecule has 1 amide bonds. The number of aromatic nitrogens is 1. The number of nitrogens with one attached hydrogen (secondary N) is 1. The Bertz CT molecular complexity index is 416. The van der Waals surface area contributed by atoms with Crippen LogP contribution in [-0.4, -0.2) is 42.0 Å². The summed E-state index contributed by atoms with van der Waals surface area (Å²) in [7, 11) is 1.86. The molecule has 1 aromatic rings. The van der Waals surface area contributed by atoms with Gasteiger partial charge in [0.05, 0.1) is 10.6 Å². The second kappa shape index (κ2) is 6.16. The van der Waals surface area contributed by atoms with Gasteiger partial charge in [-0.15, -0.1) is 0 Å². The normalized spacial score (nSPS) is 20.2. The molecule has 18 heavy (non-hydrogen) atoms. The van der Waals surface area contributed by atoms with Crippen molar-refractivity contribution in [3.05, 3.63) is 29.0 Å². The van der Waals surface area contributed by atoms with Crippen LogP contribution in [0.4, 0.5) is 0 Å². The zero-order chi connectivity index (χ0) is 13.0. The van der Waals surface area contributed by atoms with E-state index in [9.17, 15) is 4.79 Å². The lowest BCUT2D eigenvalue weighted by atomic mass is 10.1. The molecular weight excluding hydrogens is 250 g/mol. The molecule has 0 saturated carbocycles. The van der Waals surface area contributed by atoms with Crippen LogP contribution in [0, 0.1) is 0 Å². The maximum absolute atomic E-state index is 12.4. The number of carbonyl (C=O) groups is 1. The van der Waals surface area contributed by atoms with Gasteiger partial charge in [-0.2, -0.15) is 0 Å². The Kier molecular flexibility index (Phi) is 4.55. The van der Waals surface area contributed by atoms with Crippen LogP contribution >= 0.6 is 11.6 Å². The third-order valence-corrected chi connectivity index (χ3v) is 3.72. The molecule has 0 radical (unpaired) electrons. The molecule has 98 valence electrons. The van der Waals surface area contributed by atoms with Gasteiger partial charge in [-0.05, 0) is 38.4 Å². The molecule has 1 N–H and O–H groups in total. The molecule has 1 unspecified atom stereocenters. The SMILES string of the molecule is CN(C(=O)c1ccncc1Cl)C1CCCNCC1. The smallest absolute Gasteiger partial charge is 0.255 e. The molecule has 0 spiro atoms. The van der Waals surface area contributed by atoms with E-state index in [0.717, 1.165) is 32.4 Å². The number of rotatable bonds is 2. The third-order valence-electron chi connectivity index (χ3n) is 3.42. The molecule has 4 nitrogen and oxygen atoms in total. The summed E-state index contributed by atoms with van der Waals surface area (Å²) in [5, 5.41) is 3.77. The quantitative estimate of drug-likeness (QED) is 0.891. The van der Waals surface area contributed by atoms with Gasteiger partial charge in [0.1, 0.15) is 0 Å². The summed E-state index contributed by atoms with van der Waals surface area (Å²) >= 11 is 6.01. The summed E-state index contributed by atoms with van der Waals surface area (Å²) in [5.41, 5.74) is 0.534. The lowest BCUT2D eigenvalue weighted by Gasteiger charge is -2.27. The van der Waals surface area contributed by atoms with Crippen LogP contribution in [-0.2, 0) is 0 Å². The lowest BCUT2D eigenvalue weighted by molar-refractivity contribution is 0.0720. The second-order valence-corrected chi connectivity index (χ2v) is 5.01. The van der Waals surface area contributed by atoms with Gasteiger partial charge < -0.3 is 10.2 Å². The predicted molar refractivity (Wildman–Crippen MR) is 71.8 cm³/mol. The zero-order valence-electron chi connectivity index (χ0n) is 10.5. The van der Waals surface area contributed by atoms with Gasteiger partial charge in [-0.3, -0.25) is 9.78 Å². The van der Waals surface area contributed by atoms with E-state index in [1.165, 1.54) is 6.20 Å². The van der Waals surface area contributed by atoms with Crippen LogP contribution < -0.4 is 5.32 Å². The van der Waals surface area contributed by atoms with Gasteiger partial charge in [0.2, 0.25) is 0 Å². The molecule has 2 heterocycles. The van der Waals surface area contributed by atoms with Crippen molar-refractivity contribution < 1.29 is 4.79 Å². The topological polar surface area (TPSA) is 45.2 Å². The monoisotopic (exact) mass is 267 g/mol. The van der Waals surface area contributed by atoms with Crippen LogP contribution in [0.2, 0.25) is 5.02 Å². The van der Waals surface area contributed by atoms with Crippen molar-refractivity contribution in [3.63, 3.8) is 0 Å². The van der Waals surface area contributed by atoms with Crippen LogP contribution in [0.5, 0.6) is 0 Å². The Morgan fingerprint density at radius 3 is 3.11 bits per heavy atom. The van der Waals surface area contributed by atoms with Gasteiger partial charge in [0, 0.05) is 25.5 Å². The van der Waals surface area contributed by atoms with Crippen LogP contribution in [0.15, 0.2) is 18.5 Å². The van der Waals surface area contributed by atoms with Gasteiger partial charge in [0.15, 0.2) is 0 Å². The minimum absolute atomic E-state index is 0.0192. The maximum Gasteiger partial charge on any atom is 0.255 e. The molecule has 0 aromatic carbocycles. The fraction of sp³-hybridized carbons (Fsp3) is 0.538. The first-order valence-electron chi connectivity index (χ1n) is 6.27. The number of hydrogen-bond donors (Lipinski definition) is 1. The van der Waals surface area contributed by atoms with E-state index in [2.05, 4.69) is 10.3 Å². The number of amides is 1. The summed E-state index contributed by atoms with van der Waals surface area (Å²) in [6, 6.07) is 1.97. The average Bonchev–Trinajstić information content (AvgIpc) is 2.66. The molecule has 5 heteroatoms. The first-order valence-corrected chi connectivity index (χ1v) is 6.65. The van der Waals surface area contributed by atoms with Gasteiger partial charge in [-0.1, -0.05) is 11.6 Å². The number of nitrogens with zero attached hydrogens (tertiary/aromatic N) is 2. The predicted octanol–water partition coefficient (Wildman–Crippen LogP) is 1.95. The summed E-state index contributed by atoms with van der Waals surface area (Å²) in [4.78, 5) is 18.1. The van der Waals surface area contributed by atoms with E-state index in [-0.39, 0.29) is 11.9 Å². The molecule has 1 aliphatic heterocycles. The van der Waals surface area contributed by atoms with Crippen LogP contribution in [0.25, 0.3) is 0 Å². The van der Waals surface area contributed by atoms with Crippen molar-refractivity contribution in [2.75, 3.05) is 20.1 Å². The van der Waals surface area contributed by atoms with Crippen LogP contribution in [0.3, 0.4) is 0 Å². The highest BCUT2D eigenvalue weighted by molar-refractivity contribution is 6.33. The van der Waals surface area contributed by atoms with Gasteiger partial charge in [-0.25, -0.2) is 0 Å². The van der Waals surface area contributed by atoms with E-state index < -0.39 is 0 Å². The first-order chi connectivity index (χ1) is 8.70. The number of pyridine rings is 1. The highest BCUT2D eigenvalue weighted by atomic mass is 35.5. The Morgan fingerprint density at radius 2 is 2.33 bits per heavy atom. The third kappa shape index (κ3) is 3.00. The largest absolute Gasteiger partial charge is 0.339 e. The molecule has 1 aromatic heterocycles. The zero-order valence-corrected chi connectivity index (χ0v) is 11.3. The Balaban J connectivity index is 2.10. The molecule has 1 atom stereocenters. The fourth-order valence-electron chi connectivity index (χ4n) is 2.29. The van der Waals surface area contributed by atoms with E-state index in [4.69, 9.17) is 11.6 Å². The Hall–Kier alpha value is -1.13. The molecule has 1 saturated heterocycles. The van der Waals surface area contributed by atoms with Crippen molar-refractivity contribution in [1.29, 1.82) is 0 Å². The summed E-state index contributed by atoms with van der Waals surface area (Å²) in [6.07, 6.45) is 6.24. The van der Waals surface area contributed by atoms with Crippen molar-refractivity contribution in [3.8, 4) is 0 Å². The first kappa shape index (κ1) is 13.3. The molecule has 1 aliphatic rings. The summed E-state index contributed by atoms with van der Waals surface area (Å²) in [5.74, 6) is -0.0192. The van der Waals surface area contributed by atoms with Gasteiger partial charge >= 0.3 is 0 Å². The average molecular weight is 268 g/mol. The minimum atomic E-state index is -0.0192. The molecule has 1 fully saturated rings. The van der Waals surface area contributed by atoms with Crippen molar-refractivity contribution in [1.82, 2.24) is 15.2 Å². The van der Waals surface area contributed by atoms with Crippen molar-refractivity contribution in [2.24, 2.45) is 0 Å². The highest BCUT2D eigenvalue weighted by Crippen LogP contribution is 2.19. The van der Waals surface area contributed by atoms with E-state index in [0.29, 0.717) is 10.6 Å². The van der Waals surface area contributed by atoms with Crippen LogP contribution in [0.1, 0.15) is 29.6 Å². The van der Waals surface area contributed by atoms with Crippen molar-refractivity contribution >= 4 is 17.5 Å². The number of carbonyl (C=O) groups excluding carboxylic acids is 1. The van der Waals surface area contributed by atoms with E-state index >= 15 is 0 Å². The fourth-order valence-corrected chi connectivity index (χ4v) is 2.49. The number of halogens is 1. The lowest BCUT2D eigenvalue weighted by Crippen LogP contribution is -2.37. The maximum atomic E-state index is 12.4. The van der Waals surface area contributed by atoms with Crippen molar-refractivity contribution in [2.45, 2.75) is 25.3 Å². The Morgan fingerprint density at radius 1 is 1.50 bits per heavy atom. The highest BCUT2D eigenvalue weighted by Gasteiger charge is 2.23. The molecular formula is C13H18ClN3O.